The minimum Gasteiger partial charge on any atom is -0.461 e. The average molecular weight is 390 g/mol. The van der Waals surface area contributed by atoms with Crippen LogP contribution in [0.3, 0.4) is 0 Å². The van der Waals surface area contributed by atoms with Crippen molar-refractivity contribution < 1.29 is 23.9 Å². The lowest BCUT2D eigenvalue weighted by Gasteiger charge is -2.32. The van der Waals surface area contributed by atoms with Gasteiger partial charge in [0.05, 0.1) is 19.3 Å². The molecule has 0 radical (unpaired) electrons. The van der Waals surface area contributed by atoms with E-state index in [2.05, 4.69) is 4.98 Å². The van der Waals surface area contributed by atoms with E-state index < -0.39 is 5.97 Å². The second-order valence-corrected chi connectivity index (χ2v) is 7.75. The number of H-pyrrole nitrogens is 1. The highest BCUT2D eigenvalue weighted by Crippen LogP contribution is 2.29. The molecular weight excluding hydrogens is 360 g/mol. The molecule has 154 valence electrons. The number of ether oxygens (including phenoxy) is 2. The van der Waals surface area contributed by atoms with Gasteiger partial charge in [0, 0.05) is 30.3 Å². The molecule has 0 spiro atoms. The van der Waals surface area contributed by atoms with Gasteiger partial charge in [0.15, 0.2) is 5.78 Å². The molecule has 0 aromatic carbocycles. The van der Waals surface area contributed by atoms with Crippen molar-refractivity contribution >= 4 is 17.7 Å². The Kier molecular flexibility index (Phi) is 6.54. The van der Waals surface area contributed by atoms with Gasteiger partial charge in [0.25, 0.3) is 0 Å². The SMILES string of the molecule is CCOC(=O)c1[nH]c(C)c(C(=O)CN(CC2CCCO2)C(=O)C2CCC2)c1C. The molecular formula is C21H30N2O5. The molecule has 1 atom stereocenters. The summed E-state index contributed by atoms with van der Waals surface area (Å²) in [6.45, 7) is 6.69. The van der Waals surface area contributed by atoms with Crippen LogP contribution in [0.2, 0.25) is 0 Å². The van der Waals surface area contributed by atoms with Crippen LogP contribution in [0.15, 0.2) is 0 Å². The monoisotopic (exact) mass is 390 g/mol. The molecule has 1 saturated heterocycles. The molecule has 1 aliphatic carbocycles. The smallest absolute Gasteiger partial charge is 0.355 e. The van der Waals surface area contributed by atoms with Crippen LogP contribution in [0.5, 0.6) is 0 Å². The number of esters is 1. The minimum atomic E-state index is -0.469. The van der Waals surface area contributed by atoms with E-state index in [-0.39, 0.29) is 36.9 Å². The molecule has 1 aromatic rings. The van der Waals surface area contributed by atoms with Gasteiger partial charge < -0.3 is 19.4 Å². The molecule has 2 aliphatic rings. The van der Waals surface area contributed by atoms with Crippen LogP contribution >= 0.6 is 0 Å². The number of rotatable bonds is 8. The van der Waals surface area contributed by atoms with Crippen molar-refractivity contribution in [3.8, 4) is 0 Å². The number of carbonyl (C=O) groups is 3. The second-order valence-electron chi connectivity index (χ2n) is 7.75. The van der Waals surface area contributed by atoms with Crippen LogP contribution in [-0.4, -0.2) is 60.0 Å². The first-order valence-electron chi connectivity index (χ1n) is 10.2. The number of aromatic amines is 1. The van der Waals surface area contributed by atoms with Crippen LogP contribution in [0.1, 0.15) is 71.1 Å². The van der Waals surface area contributed by atoms with Crippen molar-refractivity contribution in [2.24, 2.45) is 5.92 Å². The predicted molar refractivity (Wildman–Crippen MR) is 103 cm³/mol. The Balaban J connectivity index is 1.77. The van der Waals surface area contributed by atoms with Crippen molar-refractivity contribution in [3.63, 3.8) is 0 Å². The van der Waals surface area contributed by atoms with E-state index in [1.54, 1.807) is 25.7 Å². The van der Waals surface area contributed by atoms with Gasteiger partial charge in [0.2, 0.25) is 5.91 Å². The molecule has 0 bridgehead atoms. The number of hydrogen-bond donors (Lipinski definition) is 1. The average Bonchev–Trinajstić information content (AvgIpc) is 3.20. The fourth-order valence-corrected chi connectivity index (χ4v) is 4.01. The highest BCUT2D eigenvalue weighted by Gasteiger charge is 2.33. The lowest BCUT2D eigenvalue weighted by Crippen LogP contribution is -2.45. The summed E-state index contributed by atoms with van der Waals surface area (Å²) in [6, 6.07) is 0. The van der Waals surface area contributed by atoms with Crippen molar-refractivity contribution in [3.05, 3.63) is 22.5 Å². The maximum absolute atomic E-state index is 13.1. The minimum absolute atomic E-state index is 0.000313. The predicted octanol–water partition coefficient (Wildman–Crippen LogP) is 2.80. The molecule has 1 amide bonds. The Hall–Kier alpha value is -2.15. The molecule has 1 aliphatic heterocycles. The van der Waals surface area contributed by atoms with E-state index >= 15 is 0 Å². The summed E-state index contributed by atoms with van der Waals surface area (Å²) in [4.78, 5) is 42.7. The van der Waals surface area contributed by atoms with Gasteiger partial charge in [-0.15, -0.1) is 0 Å². The number of ketones is 1. The number of aryl methyl sites for hydroxylation is 1. The summed E-state index contributed by atoms with van der Waals surface area (Å²) in [6.07, 6.45) is 4.76. The molecule has 3 rings (SSSR count). The normalized spacial score (nSPS) is 19.3. The molecule has 1 unspecified atom stereocenters. The zero-order valence-corrected chi connectivity index (χ0v) is 17.0. The van der Waals surface area contributed by atoms with Crippen LogP contribution in [0.25, 0.3) is 0 Å². The molecule has 1 aromatic heterocycles. The van der Waals surface area contributed by atoms with Crippen LogP contribution in [-0.2, 0) is 14.3 Å². The van der Waals surface area contributed by atoms with Gasteiger partial charge in [0.1, 0.15) is 5.69 Å². The number of nitrogens with one attached hydrogen (secondary N) is 1. The molecule has 1 saturated carbocycles. The fourth-order valence-electron chi connectivity index (χ4n) is 4.01. The van der Waals surface area contributed by atoms with E-state index in [4.69, 9.17) is 9.47 Å². The standard InChI is InChI=1S/C21H30N2O5/c1-4-27-21(26)19-13(2)18(14(3)22-19)17(24)12-23(11-16-9-6-10-28-16)20(25)15-7-5-8-15/h15-16,22H,4-12H2,1-3H3. The van der Waals surface area contributed by atoms with Gasteiger partial charge in [-0.2, -0.15) is 0 Å². The number of nitrogens with zero attached hydrogens (tertiary/aromatic N) is 1. The zero-order valence-electron chi connectivity index (χ0n) is 17.0. The van der Waals surface area contributed by atoms with Crippen molar-refractivity contribution in [2.45, 2.75) is 59.0 Å². The highest BCUT2D eigenvalue weighted by atomic mass is 16.5. The third kappa shape index (κ3) is 4.29. The summed E-state index contributed by atoms with van der Waals surface area (Å²) in [5.74, 6) is -0.555. The fraction of sp³-hybridized carbons (Fsp3) is 0.667. The van der Waals surface area contributed by atoms with Crippen molar-refractivity contribution in [1.82, 2.24) is 9.88 Å². The second kappa shape index (κ2) is 8.90. The number of carbonyl (C=O) groups excluding carboxylic acids is 3. The summed E-state index contributed by atoms with van der Waals surface area (Å²) in [5, 5.41) is 0. The van der Waals surface area contributed by atoms with E-state index in [1.165, 1.54) is 0 Å². The first kappa shape index (κ1) is 20.6. The lowest BCUT2D eigenvalue weighted by molar-refractivity contribution is -0.139. The molecule has 2 fully saturated rings. The maximum Gasteiger partial charge on any atom is 0.355 e. The number of hydrogen-bond acceptors (Lipinski definition) is 5. The number of aromatic nitrogens is 1. The highest BCUT2D eigenvalue weighted by molar-refractivity contribution is 6.04. The van der Waals surface area contributed by atoms with Gasteiger partial charge >= 0.3 is 5.97 Å². The topological polar surface area (TPSA) is 88.7 Å². The Morgan fingerprint density at radius 2 is 1.93 bits per heavy atom. The number of amides is 1. The van der Waals surface area contributed by atoms with Gasteiger partial charge in [-0.1, -0.05) is 6.42 Å². The van der Waals surface area contributed by atoms with Gasteiger partial charge in [-0.3, -0.25) is 9.59 Å². The Labute approximate surface area is 165 Å². The van der Waals surface area contributed by atoms with E-state index in [1.807, 2.05) is 0 Å². The van der Waals surface area contributed by atoms with Gasteiger partial charge in [-0.25, -0.2) is 4.79 Å². The summed E-state index contributed by atoms with van der Waals surface area (Å²) in [7, 11) is 0. The Morgan fingerprint density at radius 3 is 2.50 bits per heavy atom. The van der Waals surface area contributed by atoms with Gasteiger partial charge in [-0.05, 0) is 52.0 Å². The van der Waals surface area contributed by atoms with Crippen LogP contribution in [0.4, 0.5) is 0 Å². The third-order valence-corrected chi connectivity index (χ3v) is 5.74. The summed E-state index contributed by atoms with van der Waals surface area (Å²) in [5.41, 5.74) is 1.98. The quantitative estimate of drug-likeness (QED) is 0.545. The first-order valence-corrected chi connectivity index (χ1v) is 10.2. The first-order chi connectivity index (χ1) is 13.4. The summed E-state index contributed by atoms with van der Waals surface area (Å²) < 4.78 is 10.7. The Morgan fingerprint density at radius 1 is 1.18 bits per heavy atom. The molecule has 28 heavy (non-hydrogen) atoms. The number of Topliss-reactive ketones (excluding diaryl/α,β-unsaturated/α-hetero) is 1. The van der Waals surface area contributed by atoms with Crippen LogP contribution < -0.4 is 0 Å². The molecule has 2 heterocycles. The summed E-state index contributed by atoms with van der Waals surface area (Å²) >= 11 is 0. The van der Waals surface area contributed by atoms with Crippen LogP contribution in [0, 0.1) is 19.8 Å². The third-order valence-electron chi connectivity index (χ3n) is 5.74. The van der Waals surface area contributed by atoms with E-state index in [9.17, 15) is 14.4 Å². The largest absolute Gasteiger partial charge is 0.461 e. The molecule has 1 N–H and O–H groups in total. The molecule has 7 heteroatoms. The molecule has 7 nitrogen and oxygen atoms in total. The van der Waals surface area contributed by atoms with Crippen molar-refractivity contribution in [1.29, 1.82) is 0 Å². The van der Waals surface area contributed by atoms with Crippen molar-refractivity contribution in [2.75, 3.05) is 26.3 Å². The maximum atomic E-state index is 13.1. The zero-order chi connectivity index (χ0) is 20.3. The Bertz CT molecular complexity index is 744. The lowest BCUT2D eigenvalue weighted by atomic mass is 9.84. The van der Waals surface area contributed by atoms with E-state index in [0.29, 0.717) is 35.7 Å². The van der Waals surface area contributed by atoms with E-state index in [0.717, 1.165) is 32.1 Å².